The summed E-state index contributed by atoms with van der Waals surface area (Å²) in [4.78, 5) is 2.39. The van der Waals surface area contributed by atoms with Crippen molar-refractivity contribution in [2.24, 2.45) is 5.92 Å². The van der Waals surface area contributed by atoms with Gasteiger partial charge in [-0.1, -0.05) is 25.1 Å². The van der Waals surface area contributed by atoms with Crippen molar-refractivity contribution < 1.29 is 24.1 Å². The van der Waals surface area contributed by atoms with Gasteiger partial charge in [0.2, 0.25) is 0 Å². The number of allylic oxidation sites excluding steroid dienone is 1. The number of nitrogens with zero attached hydrogens (tertiary/aromatic N) is 1. The molecular weight excluding hydrogens is 457 g/mol. The van der Waals surface area contributed by atoms with Crippen molar-refractivity contribution >= 4 is 11.1 Å². The Labute approximate surface area is 211 Å². The smallest absolute Gasteiger partial charge is 0.165 e. The van der Waals surface area contributed by atoms with Crippen molar-refractivity contribution in [3.05, 3.63) is 83.2 Å². The van der Waals surface area contributed by atoms with Gasteiger partial charge in [0, 0.05) is 29.3 Å². The summed E-state index contributed by atoms with van der Waals surface area (Å²) in [5, 5.41) is 20.2. The maximum absolute atomic E-state index is 15.3. The van der Waals surface area contributed by atoms with Gasteiger partial charge in [0.15, 0.2) is 11.6 Å². The summed E-state index contributed by atoms with van der Waals surface area (Å²) in [6.45, 7) is 8.84. The minimum atomic E-state index is -0.600. The van der Waals surface area contributed by atoms with Crippen LogP contribution in [0.5, 0.6) is 23.0 Å². The van der Waals surface area contributed by atoms with Gasteiger partial charge in [-0.05, 0) is 86.3 Å². The number of aromatic hydroxyl groups is 2. The molecule has 188 valence electrons. The van der Waals surface area contributed by atoms with E-state index in [1.807, 2.05) is 19.1 Å². The molecule has 2 heterocycles. The lowest BCUT2D eigenvalue weighted by Gasteiger charge is -2.31. The molecule has 2 aliphatic rings. The van der Waals surface area contributed by atoms with E-state index in [1.54, 1.807) is 42.5 Å². The van der Waals surface area contributed by atoms with Crippen molar-refractivity contribution in [2.45, 2.75) is 39.3 Å². The van der Waals surface area contributed by atoms with Crippen LogP contribution in [0.3, 0.4) is 0 Å². The SMILES string of the molecule is CC1=C(c2cccc(O)c2)C(c2ccc(OCC(C)N3CCC(C)C3)c(F)c2)Oc2ccc(O)cc21. The summed E-state index contributed by atoms with van der Waals surface area (Å²) < 4.78 is 27.5. The van der Waals surface area contributed by atoms with Crippen molar-refractivity contribution in [3.63, 3.8) is 0 Å². The third-order valence-electron chi connectivity index (χ3n) is 7.25. The second-order valence-corrected chi connectivity index (χ2v) is 10.0. The lowest BCUT2D eigenvalue weighted by molar-refractivity contribution is 0.165. The molecule has 0 bridgehead atoms. The van der Waals surface area contributed by atoms with Gasteiger partial charge in [-0.25, -0.2) is 4.39 Å². The fourth-order valence-electron chi connectivity index (χ4n) is 5.20. The maximum atomic E-state index is 15.3. The molecule has 3 unspecified atom stereocenters. The van der Waals surface area contributed by atoms with Crippen LogP contribution in [0.25, 0.3) is 11.1 Å². The van der Waals surface area contributed by atoms with Crippen LogP contribution in [0, 0.1) is 11.7 Å². The number of hydrogen-bond donors (Lipinski definition) is 2. The van der Waals surface area contributed by atoms with Crippen LogP contribution in [0.15, 0.2) is 60.7 Å². The second kappa shape index (κ2) is 9.86. The van der Waals surface area contributed by atoms with E-state index in [-0.39, 0.29) is 23.3 Å². The number of halogens is 1. The second-order valence-electron chi connectivity index (χ2n) is 10.0. The Kier molecular flexibility index (Phi) is 6.63. The molecule has 1 fully saturated rings. The van der Waals surface area contributed by atoms with Crippen molar-refractivity contribution in [3.8, 4) is 23.0 Å². The molecule has 5 rings (SSSR count). The van der Waals surface area contributed by atoms with Gasteiger partial charge in [-0.15, -0.1) is 0 Å². The number of phenols is 2. The van der Waals surface area contributed by atoms with Gasteiger partial charge in [-0.3, -0.25) is 4.90 Å². The number of ether oxygens (including phenoxy) is 2. The normalized spacial score (nSPS) is 20.7. The lowest BCUT2D eigenvalue weighted by atomic mass is 9.86. The van der Waals surface area contributed by atoms with Gasteiger partial charge in [-0.2, -0.15) is 0 Å². The Balaban J connectivity index is 1.44. The molecular formula is C30H32FNO4. The van der Waals surface area contributed by atoms with E-state index >= 15 is 4.39 Å². The van der Waals surface area contributed by atoms with Crippen LogP contribution < -0.4 is 9.47 Å². The molecule has 36 heavy (non-hydrogen) atoms. The molecule has 0 saturated carbocycles. The molecule has 2 N–H and O–H groups in total. The fourth-order valence-corrected chi connectivity index (χ4v) is 5.20. The topological polar surface area (TPSA) is 62.2 Å². The Morgan fingerprint density at radius 1 is 1.08 bits per heavy atom. The van der Waals surface area contributed by atoms with E-state index in [1.165, 1.54) is 12.5 Å². The molecule has 2 aliphatic heterocycles. The predicted molar refractivity (Wildman–Crippen MR) is 139 cm³/mol. The molecule has 3 aromatic carbocycles. The molecule has 1 saturated heterocycles. The Morgan fingerprint density at radius 3 is 2.61 bits per heavy atom. The zero-order valence-corrected chi connectivity index (χ0v) is 20.9. The largest absolute Gasteiger partial charge is 0.508 e. The number of likely N-dealkylation sites (tertiary alicyclic amines) is 1. The van der Waals surface area contributed by atoms with E-state index in [4.69, 9.17) is 9.47 Å². The Morgan fingerprint density at radius 2 is 1.89 bits per heavy atom. The van der Waals surface area contributed by atoms with Crippen LogP contribution in [-0.2, 0) is 0 Å². The molecule has 0 aliphatic carbocycles. The van der Waals surface area contributed by atoms with Gasteiger partial charge in [0.25, 0.3) is 0 Å². The lowest BCUT2D eigenvalue weighted by Crippen LogP contribution is -2.35. The number of fused-ring (bicyclic) bond motifs is 1. The summed E-state index contributed by atoms with van der Waals surface area (Å²) in [5.74, 6) is 1.33. The molecule has 3 aromatic rings. The summed E-state index contributed by atoms with van der Waals surface area (Å²) in [5.41, 5.74) is 3.85. The molecule has 0 aromatic heterocycles. The molecule has 3 atom stereocenters. The molecule has 0 spiro atoms. The Bertz CT molecular complexity index is 1300. The fraction of sp³-hybridized carbons (Fsp3) is 0.333. The standard InChI is InChI=1S/C30H32FNO4/c1-18-11-12-32(16-18)19(2)17-35-28-9-7-22(14-26(28)31)30-29(21-5-4-6-23(33)13-21)20(3)25-15-24(34)8-10-27(25)36-30/h4-10,13-15,18-19,30,33-34H,11-12,16-17H2,1-3H3. The molecule has 5 nitrogen and oxygen atoms in total. The molecule has 0 amide bonds. The third-order valence-corrected chi connectivity index (χ3v) is 7.25. The van der Waals surface area contributed by atoms with Gasteiger partial charge in [0.1, 0.15) is 30.0 Å². The summed E-state index contributed by atoms with van der Waals surface area (Å²) >= 11 is 0. The van der Waals surface area contributed by atoms with Crippen LogP contribution in [-0.4, -0.2) is 40.9 Å². The van der Waals surface area contributed by atoms with E-state index in [2.05, 4.69) is 18.7 Å². The summed E-state index contributed by atoms with van der Waals surface area (Å²) in [7, 11) is 0. The van der Waals surface area contributed by atoms with Crippen molar-refractivity contribution in [1.29, 1.82) is 0 Å². The quantitative estimate of drug-likeness (QED) is 0.419. The number of benzene rings is 3. The summed E-state index contributed by atoms with van der Waals surface area (Å²) in [6.07, 6.45) is 0.587. The average Bonchev–Trinajstić information content (AvgIpc) is 3.29. The molecule has 6 heteroatoms. The number of rotatable bonds is 6. The van der Waals surface area contributed by atoms with Crippen molar-refractivity contribution in [1.82, 2.24) is 4.90 Å². The highest BCUT2D eigenvalue weighted by atomic mass is 19.1. The highest BCUT2D eigenvalue weighted by Crippen LogP contribution is 2.48. The minimum Gasteiger partial charge on any atom is -0.508 e. The number of hydrogen-bond acceptors (Lipinski definition) is 5. The predicted octanol–water partition coefficient (Wildman–Crippen LogP) is 6.41. The zero-order valence-electron chi connectivity index (χ0n) is 20.9. The zero-order chi connectivity index (χ0) is 25.4. The van der Waals surface area contributed by atoms with E-state index in [0.29, 0.717) is 23.8 Å². The first-order chi connectivity index (χ1) is 17.3. The molecule has 0 radical (unpaired) electrons. The van der Waals surface area contributed by atoms with Gasteiger partial charge in [0.05, 0.1) is 0 Å². The van der Waals surface area contributed by atoms with E-state index in [9.17, 15) is 10.2 Å². The van der Waals surface area contributed by atoms with Gasteiger partial charge >= 0.3 is 0 Å². The van der Waals surface area contributed by atoms with E-state index < -0.39 is 11.9 Å². The first-order valence-corrected chi connectivity index (χ1v) is 12.5. The first-order valence-electron chi connectivity index (χ1n) is 12.5. The minimum absolute atomic E-state index is 0.129. The highest BCUT2D eigenvalue weighted by molar-refractivity contribution is 5.95. The van der Waals surface area contributed by atoms with Crippen LogP contribution in [0.4, 0.5) is 4.39 Å². The number of phenolic OH excluding ortho intramolecular Hbond substituents is 2. The Hall–Kier alpha value is -3.51. The van der Waals surface area contributed by atoms with Gasteiger partial charge < -0.3 is 19.7 Å². The summed E-state index contributed by atoms with van der Waals surface area (Å²) in [6, 6.07) is 17.0. The van der Waals surface area contributed by atoms with Crippen LogP contribution in [0.1, 0.15) is 50.0 Å². The van der Waals surface area contributed by atoms with E-state index in [0.717, 1.165) is 35.4 Å². The highest BCUT2D eigenvalue weighted by Gasteiger charge is 2.30. The van der Waals surface area contributed by atoms with Crippen LogP contribution in [0.2, 0.25) is 0 Å². The first kappa shape index (κ1) is 24.2. The van der Waals surface area contributed by atoms with Crippen molar-refractivity contribution in [2.75, 3.05) is 19.7 Å². The maximum Gasteiger partial charge on any atom is 0.165 e. The average molecular weight is 490 g/mol. The third kappa shape index (κ3) is 4.78. The van der Waals surface area contributed by atoms with Crippen LogP contribution >= 0.6 is 0 Å². The monoisotopic (exact) mass is 489 g/mol.